The number of ether oxygens (including phenoxy) is 1. The summed E-state index contributed by atoms with van der Waals surface area (Å²) in [4.78, 5) is 23.9. The highest BCUT2D eigenvalue weighted by atomic mass is 16.5. The van der Waals surface area contributed by atoms with Crippen molar-refractivity contribution in [2.24, 2.45) is 5.73 Å². The summed E-state index contributed by atoms with van der Waals surface area (Å²) in [7, 11) is 2.97. The van der Waals surface area contributed by atoms with Crippen molar-refractivity contribution in [1.29, 1.82) is 0 Å². The maximum absolute atomic E-state index is 12.0. The molecule has 0 aliphatic rings. The lowest BCUT2D eigenvalue weighted by molar-refractivity contribution is -0.142. The van der Waals surface area contributed by atoms with Crippen LogP contribution in [0.1, 0.15) is 11.1 Å². The van der Waals surface area contributed by atoms with Crippen LogP contribution < -0.4 is 15.4 Å². The van der Waals surface area contributed by atoms with Crippen molar-refractivity contribution in [2.75, 3.05) is 19.1 Å². The molecule has 0 bridgehead atoms. The zero-order valence-electron chi connectivity index (χ0n) is 11.4. The van der Waals surface area contributed by atoms with Gasteiger partial charge in [0.05, 0.1) is 12.8 Å². The third-order valence-corrected chi connectivity index (χ3v) is 2.83. The molecule has 0 heterocycles. The zero-order valence-corrected chi connectivity index (χ0v) is 11.4. The predicted molar refractivity (Wildman–Crippen MR) is 71.5 cm³/mol. The molecular formula is C13H18N2O4. The van der Waals surface area contributed by atoms with Crippen LogP contribution in [0.15, 0.2) is 12.1 Å². The number of hydrogen-bond acceptors (Lipinski definition) is 4. The van der Waals surface area contributed by atoms with Crippen LogP contribution in [0.3, 0.4) is 0 Å². The van der Waals surface area contributed by atoms with Gasteiger partial charge in [-0.15, -0.1) is 0 Å². The first-order valence-corrected chi connectivity index (χ1v) is 5.70. The highest BCUT2D eigenvalue weighted by Gasteiger charge is 2.27. The number of anilines is 1. The monoisotopic (exact) mass is 266 g/mol. The van der Waals surface area contributed by atoms with Crippen molar-refractivity contribution in [1.82, 2.24) is 0 Å². The van der Waals surface area contributed by atoms with Gasteiger partial charge in [0.2, 0.25) is 0 Å². The Bertz CT molecular complexity index is 514. The van der Waals surface area contributed by atoms with Gasteiger partial charge in [-0.3, -0.25) is 4.79 Å². The van der Waals surface area contributed by atoms with E-state index in [9.17, 15) is 9.59 Å². The van der Waals surface area contributed by atoms with E-state index in [0.29, 0.717) is 11.4 Å². The first kappa shape index (κ1) is 15.0. The molecule has 0 aliphatic heterocycles. The largest absolute Gasteiger partial charge is 0.495 e. The molecule has 0 radical (unpaired) electrons. The van der Waals surface area contributed by atoms with Crippen molar-refractivity contribution in [2.45, 2.75) is 19.9 Å². The smallest absolute Gasteiger partial charge is 0.330 e. The first-order chi connectivity index (χ1) is 8.79. The number of amides is 1. The van der Waals surface area contributed by atoms with E-state index in [1.54, 1.807) is 6.07 Å². The first-order valence-electron chi connectivity index (χ1n) is 5.70. The highest BCUT2D eigenvalue weighted by Crippen LogP contribution is 2.32. The summed E-state index contributed by atoms with van der Waals surface area (Å²) in [5, 5.41) is 8.78. The second-order valence-electron chi connectivity index (χ2n) is 4.35. The number of carbonyl (C=O) groups excluding carboxylic acids is 1. The number of aryl methyl sites for hydroxylation is 2. The molecule has 1 unspecified atom stereocenters. The maximum atomic E-state index is 12.0. The van der Waals surface area contributed by atoms with E-state index < -0.39 is 17.9 Å². The average Bonchev–Trinajstić information content (AvgIpc) is 2.34. The van der Waals surface area contributed by atoms with Gasteiger partial charge in [-0.2, -0.15) is 0 Å². The summed E-state index contributed by atoms with van der Waals surface area (Å²) < 4.78 is 5.24. The number of carboxylic acids is 1. The second kappa shape index (κ2) is 5.71. The lowest BCUT2D eigenvalue weighted by Gasteiger charge is -2.24. The minimum absolute atomic E-state index is 0.505. The van der Waals surface area contributed by atoms with Crippen molar-refractivity contribution in [3.05, 3.63) is 23.3 Å². The molecule has 1 atom stereocenters. The molecule has 3 N–H and O–H groups in total. The van der Waals surface area contributed by atoms with Gasteiger partial charge in [-0.25, -0.2) is 4.79 Å². The van der Waals surface area contributed by atoms with Crippen LogP contribution in [0.5, 0.6) is 5.75 Å². The Balaban J connectivity index is 3.22. The fourth-order valence-corrected chi connectivity index (χ4v) is 1.93. The maximum Gasteiger partial charge on any atom is 0.330 e. The van der Waals surface area contributed by atoms with Gasteiger partial charge >= 0.3 is 5.97 Å². The molecule has 6 nitrogen and oxygen atoms in total. The number of carboxylic acid groups (broad SMARTS) is 1. The lowest BCUT2D eigenvalue weighted by atomic mass is 10.1. The van der Waals surface area contributed by atoms with Gasteiger partial charge in [0.15, 0.2) is 6.04 Å². The number of likely N-dealkylation sites (N-methyl/N-ethyl adjacent to an activating group) is 1. The number of benzene rings is 1. The molecule has 104 valence electrons. The molecule has 0 saturated heterocycles. The number of rotatable bonds is 4. The van der Waals surface area contributed by atoms with E-state index in [-0.39, 0.29) is 0 Å². The quantitative estimate of drug-likeness (QED) is 0.782. The van der Waals surface area contributed by atoms with E-state index in [4.69, 9.17) is 15.6 Å². The average molecular weight is 266 g/mol. The number of carbonyl (C=O) groups is 2. The summed E-state index contributed by atoms with van der Waals surface area (Å²) in [5.74, 6) is -1.55. The van der Waals surface area contributed by atoms with E-state index in [2.05, 4.69) is 0 Å². The number of methoxy groups -OCH3 is 1. The Morgan fingerprint density at radius 3 is 2.42 bits per heavy atom. The van der Waals surface area contributed by atoms with Crippen molar-refractivity contribution in [3.63, 3.8) is 0 Å². The Labute approximate surface area is 111 Å². The van der Waals surface area contributed by atoms with Crippen LogP contribution in [0.2, 0.25) is 0 Å². The molecule has 1 rings (SSSR count). The van der Waals surface area contributed by atoms with E-state index >= 15 is 0 Å². The van der Waals surface area contributed by atoms with Gasteiger partial charge < -0.3 is 20.5 Å². The molecule has 19 heavy (non-hydrogen) atoms. The molecule has 1 aromatic rings. The summed E-state index contributed by atoms with van der Waals surface area (Å²) in [6, 6.07) is 2.07. The third kappa shape index (κ3) is 3.03. The van der Waals surface area contributed by atoms with Crippen LogP contribution in [0.4, 0.5) is 5.69 Å². The third-order valence-electron chi connectivity index (χ3n) is 2.83. The molecule has 0 spiro atoms. The summed E-state index contributed by atoms with van der Waals surface area (Å²) in [6.45, 7) is 3.73. The summed E-state index contributed by atoms with van der Waals surface area (Å²) >= 11 is 0. The molecule has 0 saturated carbocycles. The van der Waals surface area contributed by atoms with Crippen LogP contribution in [-0.4, -0.2) is 37.2 Å². The SMILES string of the molecule is COc1cc(C)cc(C)c1N(C)C(=O)C(N)C(=O)O. The minimum Gasteiger partial charge on any atom is -0.495 e. The van der Waals surface area contributed by atoms with E-state index in [1.807, 2.05) is 19.9 Å². The number of hydrogen-bond donors (Lipinski definition) is 2. The molecule has 0 aromatic heterocycles. The van der Waals surface area contributed by atoms with Crippen LogP contribution in [0.25, 0.3) is 0 Å². The van der Waals surface area contributed by atoms with Crippen LogP contribution in [-0.2, 0) is 9.59 Å². The molecule has 0 aliphatic carbocycles. The van der Waals surface area contributed by atoms with Gasteiger partial charge in [0, 0.05) is 7.05 Å². The number of aliphatic carboxylic acids is 1. The molecule has 1 aromatic carbocycles. The normalized spacial score (nSPS) is 11.8. The summed E-state index contributed by atoms with van der Waals surface area (Å²) in [6.07, 6.45) is 0. The fraction of sp³-hybridized carbons (Fsp3) is 0.385. The zero-order chi connectivity index (χ0) is 14.7. The highest BCUT2D eigenvalue weighted by molar-refractivity contribution is 6.09. The minimum atomic E-state index is -1.59. The lowest BCUT2D eigenvalue weighted by Crippen LogP contribution is -2.47. The van der Waals surface area contributed by atoms with Gasteiger partial charge in [-0.05, 0) is 31.0 Å². The molecule has 6 heteroatoms. The van der Waals surface area contributed by atoms with Crippen LogP contribution >= 0.6 is 0 Å². The second-order valence-corrected chi connectivity index (χ2v) is 4.35. The van der Waals surface area contributed by atoms with Gasteiger partial charge in [0.1, 0.15) is 5.75 Å². The van der Waals surface area contributed by atoms with E-state index in [1.165, 1.54) is 19.1 Å². The van der Waals surface area contributed by atoms with Crippen molar-refractivity contribution >= 4 is 17.6 Å². The van der Waals surface area contributed by atoms with E-state index in [0.717, 1.165) is 11.1 Å². The van der Waals surface area contributed by atoms with Crippen molar-refractivity contribution in [3.8, 4) is 5.75 Å². The Kier molecular flexibility index (Phi) is 4.50. The standard InChI is InChI=1S/C13H18N2O4/c1-7-5-8(2)11(9(6-7)19-4)15(3)12(16)10(14)13(17)18/h5-6,10H,14H2,1-4H3,(H,17,18). The Hall–Kier alpha value is -2.08. The van der Waals surface area contributed by atoms with Crippen molar-refractivity contribution < 1.29 is 19.4 Å². The molecule has 0 fully saturated rings. The van der Waals surface area contributed by atoms with Gasteiger partial charge in [0.25, 0.3) is 5.91 Å². The van der Waals surface area contributed by atoms with Crippen LogP contribution in [0, 0.1) is 13.8 Å². The molecule has 1 amide bonds. The Morgan fingerprint density at radius 1 is 1.37 bits per heavy atom. The topological polar surface area (TPSA) is 92.9 Å². The number of nitrogens with zero attached hydrogens (tertiary/aromatic N) is 1. The van der Waals surface area contributed by atoms with Gasteiger partial charge in [-0.1, -0.05) is 6.07 Å². The molecular weight excluding hydrogens is 248 g/mol. The predicted octanol–water partition coefficient (Wildman–Crippen LogP) is 0.687. The fourth-order valence-electron chi connectivity index (χ4n) is 1.93. The summed E-state index contributed by atoms with van der Waals surface area (Å²) in [5.41, 5.74) is 7.66. The Morgan fingerprint density at radius 2 is 1.95 bits per heavy atom. The number of nitrogens with two attached hydrogens (primary N) is 1.